The summed E-state index contributed by atoms with van der Waals surface area (Å²) < 4.78 is 117. The molecule has 0 amide bonds. The van der Waals surface area contributed by atoms with Crippen molar-refractivity contribution in [3.05, 3.63) is 199 Å². The Hall–Kier alpha value is -6.55. The van der Waals surface area contributed by atoms with Crippen LogP contribution in [0.5, 0.6) is 11.5 Å². The molecule has 0 aliphatic carbocycles. The van der Waals surface area contributed by atoms with Gasteiger partial charge in [-0.3, -0.25) is 4.57 Å². The first-order chi connectivity index (χ1) is 35.1. The number of fused-ring (bicyclic) bond motifs is 4. The van der Waals surface area contributed by atoms with Gasteiger partial charge in [0.05, 0.1) is 30.4 Å². The number of para-hydroxylation sites is 3. The monoisotopic (exact) mass is 1010 g/mol. The average Bonchev–Trinajstić information content (AvgIpc) is 3.93. The van der Waals surface area contributed by atoms with Gasteiger partial charge in [0, 0.05) is 47.0 Å². The number of benzene rings is 7. The summed E-state index contributed by atoms with van der Waals surface area (Å²) in [7, 11) is 0. The molecule has 3 aromatic heterocycles. The van der Waals surface area contributed by atoms with E-state index in [1.165, 1.54) is 5.56 Å². The number of pyridine rings is 1. The maximum absolute atomic E-state index is 9.08. The SMILES string of the molecule is [2H]c1c([2H])c([2H])c(-c2cccc(-c3c([2H])c([2H])c([2H])c([2H])c3[2H])c2-[n+]2[c-]n(-c3[c-]c(Oc4[c-]c5c(cc4)c4cc(CC(C)C)ccc4n5-c4cc(C([2H])([2H])C(C)(C)C)ccn4)ccc3)c3ccccc32)c([2H])c1[2H].[Pt]. The second-order valence-electron chi connectivity index (χ2n) is 16.6. The van der Waals surface area contributed by atoms with E-state index in [2.05, 4.69) is 50.5 Å². The molecule has 0 atom stereocenters. The van der Waals surface area contributed by atoms with Crippen molar-refractivity contribution in [2.24, 2.45) is 11.3 Å². The van der Waals surface area contributed by atoms with Crippen LogP contribution in [0.25, 0.3) is 72.3 Å². The van der Waals surface area contributed by atoms with E-state index in [4.69, 9.17) is 26.2 Å². The van der Waals surface area contributed by atoms with Crippen molar-refractivity contribution in [3.8, 4) is 50.9 Å². The molecule has 3 heterocycles. The van der Waals surface area contributed by atoms with Crippen LogP contribution in [0.1, 0.15) is 62.2 Å². The number of hydrogen-bond donors (Lipinski definition) is 0. The Balaban J connectivity index is 0.00000689. The minimum absolute atomic E-state index is 0. The van der Waals surface area contributed by atoms with Crippen LogP contribution in [0.4, 0.5) is 0 Å². The summed E-state index contributed by atoms with van der Waals surface area (Å²) in [5, 5.41) is 1.90. The smallest absolute Gasteiger partial charge is 0.268 e. The van der Waals surface area contributed by atoms with E-state index in [-0.39, 0.29) is 49.0 Å². The topological polar surface area (TPSA) is 35.9 Å². The fourth-order valence-electron chi connectivity index (χ4n) is 8.03. The molecule has 0 N–H and O–H groups in total. The summed E-state index contributed by atoms with van der Waals surface area (Å²) in [6.07, 6.45) is 4.24. The Bertz CT molecular complexity index is 3790. The van der Waals surface area contributed by atoms with Crippen LogP contribution in [0.15, 0.2) is 170 Å². The van der Waals surface area contributed by atoms with Gasteiger partial charge in [0.1, 0.15) is 5.82 Å². The molecule has 7 aromatic carbocycles. The van der Waals surface area contributed by atoms with Crippen molar-refractivity contribution in [2.75, 3.05) is 0 Å². The first kappa shape index (κ1) is 29.7. The zero-order valence-corrected chi connectivity index (χ0v) is 37.5. The number of ether oxygens (including phenoxy) is 1. The van der Waals surface area contributed by atoms with Crippen molar-refractivity contribution in [1.29, 1.82) is 0 Å². The maximum Gasteiger partial charge on any atom is 0.268 e. The third-order valence-electron chi connectivity index (χ3n) is 10.4. The van der Waals surface area contributed by atoms with E-state index < -0.39 is 72.2 Å². The minimum atomic E-state index is -1.67. The van der Waals surface area contributed by atoms with E-state index in [0.717, 1.165) is 22.7 Å². The number of aromatic nitrogens is 4. The molecule has 0 radical (unpaired) electrons. The Morgan fingerprint density at radius 3 is 2.13 bits per heavy atom. The van der Waals surface area contributed by atoms with Crippen molar-refractivity contribution < 1.29 is 46.8 Å². The van der Waals surface area contributed by atoms with E-state index in [9.17, 15) is 0 Å². The molecule has 0 spiro atoms. The van der Waals surface area contributed by atoms with Gasteiger partial charge in [0.15, 0.2) is 0 Å². The fraction of sp³-hybridized carbons (Fsp3) is 0.158. The van der Waals surface area contributed by atoms with Crippen LogP contribution in [0.2, 0.25) is 0 Å². The maximum atomic E-state index is 9.08. The molecule has 10 rings (SSSR count). The Labute approximate surface area is 401 Å². The number of nitrogens with zero attached hydrogens (tertiary/aromatic N) is 4. The van der Waals surface area contributed by atoms with Gasteiger partial charge in [0.25, 0.3) is 6.33 Å². The van der Waals surface area contributed by atoms with E-state index >= 15 is 0 Å². The quantitative estimate of drug-likeness (QED) is 0.101. The molecule has 0 saturated heterocycles. The molecule has 0 saturated carbocycles. The number of imidazole rings is 1. The van der Waals surface area contributed by atoms with Gasteiger partial charge in [-0.25, -0.2) is 4.98 Å². The molecule has 6 heteroatoms. The Morgan fingerprint density at radius 1 is 0.714 bits per heavy atom. The average molecular weight is 1010 g/mol. The van der Waals surface area contributed by atoms with Crippen molar-refractivity contribution in [2.45, 2.75) is 47.4 Å². The van der Waals surface area contributed by atoms with Gasteiger partial charge in [-0.15, -0.1) is 29.7 Å². The van der Waals surface area contributed by atoms with Crippen molar-refractivity contribution >= 4 is 32.8 Å². The molecule has 0 fully saturated rings. The molecule has 10 aromatic rings. The fourth-order valence-corrected chi connectivity index (χ4v) is 8.03. The van der Waals surface area contributed by atoms with Crippen LogP contribution >= 0.6 is 0 Å². The summed E-state index contributed by atoms with van der Waals surface area (Å²) >= 11 is 0. The van der Waals surface area contributed by atoms with Crippen LogP contribution in [-0.2, 0) is 33.9 Å². The normalized spacial score (nSPS) is 14.6. The van der Waals surface area contributed by atoms with E-state index in [1.807, 2.05) is 49.6 Å². The van der Waals surface area contributed by atoms with Crippen LogP contribution in [-0.4, -0.2) is 14.1 Å². The second-order valence-corrected chi connectivity index (χ2v) is 16.6. The number of rotatable bonds is 10. The molecule has 0 aliphatic heterocycles. The van der Waals surface area contributed by atoms with Crippen molar-refractivity contribution in [3.63, 3.8) is 0 Å². The molecule has 314 valence electrons. The zero-order valence-electron chi connectivity index (χ0n) is 47.2. The molecular weight excluding hydrogens is 952 g/mol. The molecule has 5 nitrogen and oxygen atoms in total. The summed E-state index contributed by atoms with van der Waals surface area (Å²) in [5.41, 5.74) is 4.20. The van der Waals surface area contributed by atoms with Crippen LogP contribution in [0.3, 0.4) is 0 Å². The summed E-state index contributed by atoms with van der Waals surface area (Å²) in [5.74, 6) is 1.65. The molecule has 0 bridgehead atoms. The molecule has 63 heavy (non-hydrogen) atoms. The molecule has 0 aliphatic rings. The summed E-state index contributed by atoms with van der Waals surface area (Å²) in [6, 6.07) is 32.5. The standard InChI is InChI=1S/C57H48N4O.Pt/c1-39(2)32-40-26-29-51-50(33-40)49-28-27-46(36-54(49)61(51)55-34-41(30-31-58-55)37-57(3,4)5)62-45-21-14-20-44(35-45)59-38-60(53-25-13-12-24-52(53)59)56-47(42-16-8-6-9-17-42)22-15-23-48(56)43-18-10-7-11-19-43;/h6-31,33-34,39H,32,37H2,1-5H3;/q-2;/i6D,7D,8D,9D,10D,11D,16D,17D,18D,19D,37D2;. The van der Waals surface area contributed by atoms with E-state index in [1.54, 1.807) is 76.0 Å². The summed E-state index contributed by atoms with van der Waals surface area (Å²) in [6.45, 7) is 9.99. The predicted molar refractivity (Wildman–Crippen MR) is 253 cm³/mol. The van der Waals surface area contributed by atoms with Gasteiger partial charge >= 0.3 is 0 Å². The summed E-state index contributed by atoms with van der Waals surface area (Å²) in [4.78, 5) is 4.78. The second kappa shape index (κ2) is 17.3. The first-order valence-electron chi connectivity index (χ1n) is 26.5. The largest absolute Gasteiger partial charge is 0.510 e. The van der Waals surface area contributed by atoms with Gasteiger partial charge in [0.2, 0.25) is 0 Å². The molecule has 0 unspecified atom stereocenters. The van der Waals surface area contributed by atoms with Crippen LogP contribution in [0, 0.1) is 29.8 Å². The number of hydrogen-bond acceptors (Lipinski definition) is 2. The zero-order chi connectivity index (χ0) is 52.9. The Kier molecular flexibility index (Phi) is 8.16. The van der Waals surface area contributed by atoms with Crippen LogP contribution < -0.4 is 9.30 Å². The predicted octanol–water partition coefficient (Wildman–Crippen LogP) is 13.7. The van der Waals surface area contributed by atoms with Gasteiger partial charge < -0.3 is 13.9 Å². The van der Waals surface area contributed by atoms with E-state index in [0.29, 0.717) is 51.0 Å². The van der Waals surface area contributed by atoms with Gasteiger partial charge in [-0.05, 0) is 86.8 Å². The Morgan fingerprint density at radius 2 is 1.41 bits per heavy atom. The molecular formula is C57H48N4OPt-2. The third-order valence-corrected chi connectivity index (χ3v) is 10.4. The van der Waals surface area contributed by atoms with Gasteiger partial charge in [-0.2, -0.15) is 18.2 Å². The van der Waals surface area contributed by atoms with Crippen molar-refractivity contribution in [1.82, 2.24) is 14.1 Å². The minimum Gasteiger partial charge on any atom is -0.510 e. The first-order valence-corrected chi connectivity index (χ1v) is 20.5. The third kappa shape index (κ3) is 8.38. The van der Waals surface area contributed by atoms with Gasteiger partial charge in [-0.1, -0.05) is 155 Å².